The lowest BCUT2D eigenvalue weighted by Crippen LogP contribution is -2.48. The van der Waals surface area contributed by atoms with Gasteiger partial charge in [-0.25, -0.2) is 9.67 Å². The predicted octanol–water partition coefficient (Wildman–Crippen LogP) is 3.91. The summed E-state index contributed by atoms with van der Waals surface area (Å²) in [6.07, 6.45) is 9.66. The van der Waals surface area contributed by atoms with Crippen LogP contribution in [-0.2, 0) is 15.9 Å². The minimum absolute atomic E-state index is 0.0457. The molecule has 0 radical (unpaired) electrons. The first-order valence-corrected chi connectivity index (χ1v) is 14.0. The van der Waals surface area contributed by atoms with Crippen molar-refractivity contribution in [2.24, 2.45) is 5.92 Å². The van der Waals surface area contributed by atoms with Crippen LogP contribution in [0.4, 0.5) is 5.69 Å². The molecule has 40 heavy (non-hydrogen) atoms. The number of anilines is 1. The normalized spacial score (nSPS) is 21.6. The Morgan fingerprint density at radius 2 is 2.00 bits per heavy atom. The van der Waals surface area contributed by atoms with Gasteiger partial charge in [-0.3, -0.25) is 14.7 Å². The molecular weight excluding hydrogens is 506 g/mol. The lowest BCUT2D eigenvalue weighted by Gasteiger charge is -2.42. The standard InChI is InChI=1S/C30H37N7O3/c1-21-26(20-34-37(21)29-10-6-22(18-33-29)4-3-13-39-2)30(38)35-24-7-8-27(32-19-24)25-16-23(17-31)5-9-28(25)36-11-14-40-15-12-36/h6-8,10,18-20,23,25,28H,3-5,9,11-16H2,1-2H3,(H,35,38). The fourth-order valence-electron chi connectivity index (χ4n) is 5.81. The number of ether oxygens (including phenoxy) is 2. The molecule has 3 unspecified atom stereocenters. The quantitative estimate of drug-likeness (QED) is 0.404. The molecule has 1 amide bonds. The number of nitrogens with zero attached hydrogens (tertiary/aromatic N) is 6. The monoisotopic (exact) mass is 543 g/mol. The van der Waals surface area contributed by atoms with E-state index in [2.05, 4.69) is 26.4 Å². The van der Waals surface area contributed by atoms with Gasteiger partial charge in [0.05, 0.1) is 48.6 Å². The van der Waals surface area contributed by atoms with Crippen molar-refractivity contribution in [2.45, 2.75) is 51.0 Å². The number of morpholine rings is 1. The van der Waals surface area contributed by atoms with Crippen LogP contribution in [0.15, 0.2) is 42.9 Å². The molecule has 3 atom stereocenters. The third kappa shape index (κ3) is 6.39. The van der Waals surface area contributed by atoms with E-state index in [1.807, 2.05) is 37.4 Å². The SMILES string of the molecule is COCCCc1ccc(-n2ncc(C(=O)Nc3ccc(C4CC(C#N)CCC4N4CCOCC4)nc3)c2C)nc1. The molecular formula is C30H37N7O3. The highest BCUT2D eigenvalue weighted by atomic mass is 16.5. The van der Waals surface area contributed by atoms with E-state index < -0.39 is 0 Å². The number of methoxy groups -OCH3 is 1. The molecule has 2 aliphatic rings. The predicted molar refractivity (Wildman–Crippen MR) is 150 cm³/mol. The number of nitrogens with one attached hydrogen (secondary N) is 1. The van der Waals surface area contributed by atoms with Crippen molar-refractivity contribution in [3.8, 4) is 11.9 Å². The van der Waals surface area contributed by atoms with Gasteiger partial charge < -0.3 is 14.8 Å². The summed E-state index contributed by atoms with van der Waals surface area (Å²) in [5, 5.41) is 17.0. The zero-order chi connectivity index (χ0) is 27.9. The van der Waals surface area contributed by atoms with E-state index in [9.17, 15) is 10.1 Å². The summed E-state index contributed by atoms with van der Waals surface area (Å²) >= 11 is 0. The van der Waals surface area contributed by atoms with Crippen LogP contribution >= 0.6 is 0 Å². The van der Waals surface area contributed by atoms with Crippen LogP contribution in [0.1, 0.15) is 58.9 Å². The molecule has 0 bridgehead atoms. The summed E-state index contributed by atoms with van der Waals surface area (Å²) in [7, 11) is 1.70. The topological polar surface area (TPSA) is 118 Å². The van der Waals surface area contributed by atoms with Gasteiger partial charge in [0.2, 0.25) is 0 Å². The van der Waals surface area contributed by atoms with E-state index in [0.29, 0.717) is 35.4 Å². The molecule has 10 heteroatoms. The Morgan fingerprint density at radius 1 is 1.15 bits per heavy atom. The van der Waals surface area contributed by atoms with E-state index in [4.69, 9.17) is 14.5 Å². The van der Waals surface area contributed by atoms with Gasteiger partial charge in [0.25, 0.3) is 5.91 Å². The number of aromatic nitrogens is 4. The van der Waals surface area contributed by atoms with E-state index in [0.717, 1.165) is 69.7 Å². The fraction of sp³-hybridized carbons (Fsp3) is 0.500. The van der Waals surface area contributed by atoms with E-state index in [1.54, 1.807) is 24.2 Å². The molecule has 2 fully saturated rings. The third-order valence-corrected chi connectivity index (χ3v) is 8.03. The summed E-state index contributed by atoms with van der Waals surface area (Å²) in [4.78, 5) is 24.9. The van der Waals surface area contributed by atoms with Crippen LogP contribution in [0.3, 0.4) is 0 Å². The smallest absolute Gasteiger partial charge is 0.259 e. The molecule has 1 aliphatic heterocycles. The Labute approximate surface area is 235 Å². The molecule has 1 N–H and O–H groups in total. The summed E-state index contributed by atoms with van der Waals surface area (Å²) in [6, 6.07) is 10.7. The summed E-state index contributed by atoms with van der Waals surface area (Å²) in [6.45, 7) is 5.89. The second-order valence-electron chi connectivity index (χ2n) is 10.6. The number of hydrogen-bond acceptors (Lipinski definition) is 8. The van der Waals surface area contributed by atoms with Crippen molar-refractivity contribution in [3.05, 3.63) is 65.4 Å². The van der Waals surface area contributed by atoms with Crippen LogP contribution in [-0.4, -0.2) is 76.6 Å². The molecule has 3 aromatic heterocycles. The second kappa shape index (κ2) is 13.1. The maximum atomic E-state index is 13.1. The minimum Gasteiger partial charge on any atom is -0.385 e. The van der Waals surface area contributed by atoms with E-state index >= 15 is 0 Å². The highest BCUT2D eigenvalue weighted by Gasteiger charge is 2.36. The molecule has 0 aromatic carbocycles. The maximum Gasteiger partial charge on any atom is 0.259 e. The first-order valence-electron chi connectivity index (χ1n) is 14.0. The van der Waals surface area contributed by atoms with Crippen molar-refractivity contribution >= 4 is 11.6 Å². The third-order valence-electron chi connectivity index (χ3n) is 8.03. The van der Waals surface area contributed by atoms with Gasteiger partial charge >= 0.3 is 0 Å². The zero-order valence-electron chi connectivity index (χ0n) is 23.3. The average molecular weight is 544 g/mol. The van der Waals surface area contributed by atoms with Gasteiger partial charge in [-0.15, -0.1) is 0 Å². The highest BCUT2D eigenvalue weighted by molar-refractivity contribution is 6.04. The number of rotatable bonds is 9. The first-order chi connectivity index (χ1) is 19.6. The summed E-state index contributed by atoms with van der Waals surface area (Å²) < 4.78 is 12.3. The number of pyridine rings is 2. The number of carbonyl (C=O) groups is 1. The van der Waals surface area contributed by atoms with Gasteiger partial charge in [0.1, 0.15) is 0 Å². The molecule has 1 aliphatic carbocycles. The molecule has 4 heterocycles. The zero-order valence-corrected chi connectivity index (χ0v) is 23.3. The Hall–Kier alpha value is -3.65. The molecule has 1 saturated heterocycles. The summed E-state index contributed by atoms with van der Waals surface area (Å²) in [5.41, 5.74) is 3.91. The Bertz CT molecular complexity index is 1310. The number of nitriles is 1. The van der Waals surface area contributed by atoms with Crippen LogP contribution in [0.2, 0.25) is 0 Å². The van der Waals surface area contributed by atoms with E-state index in [-0.39, 0.29) is 17.7 Å². The average Bonchev–Trinajstić information content (AvgIpc) is 3.39. The minimum atomic E-state index is -0.247. The second-order valence-corrected chi connectivity index (χ2v) is 10.6. The molecule has 5 rings (SSSR count). The fourth-order valence-corrected chi connectivity index (χ4v) is 5.81. The number of hydrogen-bond donors (Lipinski definition) is 1. The highest BCUT2D eigenvalue weighted by Crippen LogP contribution is 2.38. The van der Waals surface area contributed by atoms with Gasteiger partial charge in [-0.2, -0.15) is 10.4 Å². The van der Waals surface area contributed by atoms with Crippen molar-refractivity contribution in [3.63, 3.8) is 0 Å². The lowest BCUT2D eigenvalue weighted by atomic mass is 9.76. The number of aryl methyl sites for hydroxylation is 1. The van der Waals surface area contributed by atoms with E-state index in [1.165, 1.54) is 0 Å². The largest absolute Gasteiger partial charge is 0.385 e. The first kappa shape index (κ1) is 27.9. The van der Waals surface area contributed by atoms with Crippen molar-refractivity contribution in [1.29, 1.82) is 5.26 Å². The van der Waals surface area contributed by atoms with Crippen molar-refractivity contribution in [1.82, 2.24) is 24.6 Å². The van der Waals surface area contributed by atoms with Gasteiger partial charge in [0, 0.05) is 56.6 Å². The summed E-state index contributed by atoms with van der Waals surface area (Å²) in [5.74, 6) is 0.642. The maximum absolute atomic E-state index is 13.1. The van der Waals surface area contributed by atoms with Gasteiger partial charge in [-0.05, 0) is 62.8 Å². The van der Waals surface area contributed by atoms with Gasteiger partial charge in [-0.1, -0.05) is 6.07 Å². The number of amides is 1. The Balaban J connectivity index is 1.25. The molecule has 0 spiro atoms. The Morgan fingerprint density at radius 3 is 2.70 bits per heavy atom. The van der Waals surface area contributed by atoms with Gasteiger partial charge in [0.15, 0.2) is 5.82 Å². The molecule has 10 nitrogen and oxygen atoms in total. The lowest BCUT2D eigenvalue weighted by molar-refractivity contribution is 0.0000694. The number of carbonyl (C=O) groups excluding carboxylic acids is 1. The molecule has 1 saturated carbocycles. The Kier molecular flexibility index (Phi) is 9.16. The molecule has 210 valence electrons. The van der Waals surface area contributed by atoms with Crippen LogP contribution in [0, 0.1) is 24.2 Å². The molecule has 3 aromatic rings. The van der Waals surface area contributed by atoms with Crippen LogP contribution < -0.4 is 5.32 Å². The van der Waals surface area contributed by atoms with Crippen LogP contribution in [0.5, 0.6) is 0 Å². The van der Waals surface area contributed by atoms with Crippen molar-refractivity contribution < 1.29 is 14.3 Å². The van der Waals surface area contributed by atoms with Crippen LogP contribution in [0.25, 0.3) is 5.82 Å². The van der Waals surface area contributed by atoms with Crippen molar-refractivity contribution in [2.75, 3.05) is 45.3 Å².